The molecule has 0 saturated heterocycles. The Morgan fingerprint density at radius 1 is 0.886 bits per heavy atom. The second-order valence-electron chi connectivity index (χ2n) is 9.70. The molecule has 0 aromatic heterocycles. The van der Waals surface area contributed by atoms with E-state index in [1.807, 2.05) is 0 Å². The Kier molecular flexibility index (Phi) is 9.91. The number of hydrogen-bond donors (Lipinski definition) is 4. The summed E-state index contributed by atoms with van der Waals surface area (Å²) in [6, 6.07) is 22.7. The first-order chi connectivity index (χ1) is 20.9. The third kappa shape index (κ3) is 8.36. The van der Waals surface area contributed by atoms with Crippen LogP contribution in [0.1, 0.15) is 29.2 Å². The molecule has 13 heteroatoms. The van der Waals surface area contributed by atoms with Crippen molar-refractivity contribution in [1.29, 1.82) is 0 Å². The van der Waals surface area contributed by atoms with Gasteiger partial charge in [-0.05, 0) is 58.7 Å². The molecule has 0 saturated carbocycles. The molecule has 0 heterocycles. The molecule has 4 aromatic rings. The molecule has 230 valence electrons. The number of sulfonamides is 1. The third-order valence-electron chi connectivity index (χ3n) is 6.55. The highest BCUT2D eigenvalue weighted by Gasteiger charge is 2.30. The zero-order chi connectivity index (χ0) is 31.9. The normalized spacial score (nSPS) is 12.3. The molecule has 5 N–H and O–H groups in total. The van der Waals surface area contributed by atoms with Crippen molar-refractivity contribution in [3.63, 3.8) is 0 Å². The van der Waals surface area contributed by atoms with Gasteiger partial charge in [0.25, 0.3) is 0 Å². The highest BCUT2D eigenvalue weighted by molar-refractivity contribution is 7.89. The van der Waals surface area contributed by atoms with Gasteiger partial charge in [-0.2, -0.15) is 13.2 Å². The molecule has 4 rings (SSSR count). The molecule has 3 amide bonds. The van der Waals surface area contributed by atoms with Crippen molar-refractivity contribution >= 4 is 27.6 Å². The highest BCUT2D eigenvalue weighted by Crippen LogP contribution is 2.33. The Bertz CT molecular complexity index is 1730. The van der Waals surface area contributed by atoms with Crippen molar-refractivity contribution < 1.29 is 35.9 Å². The molecule has 1 atom stereocenters. The summed E-state index contributed by atoms with van der Waals surface area (Å²) in [5.41, 5.74) is 7.09. The number of anilines is 1. The van der Waals surface area contributed by atoms with Gasteiger partial charge in [-0.1, -0.05) is 60.7 Å². The van der Waals surface area contributed by atoms with Crippen LogP contribution in [0.15, 0.2) is 102 Å². The van der Waals surface area contributed by atoms with Gasteiger partial charge in [0.2, 0.25) is 15.9 Å². The molecule has 0 fully saturated rings. The van der Waals surface area contributed by atoms with E-state index in [1.54, 1.807) is 60.7 Å². The van der Waals surface area contributed by atoms with Crippen molar-refractivity contribution in [3.8, 4) is 16.9 Å². The van der Waals surface area contributed by atoms with Gasteiger partial charge in [0, 0.05) is 18.7 Å². The highest BCUT2D eigenvalue weighted by atomic mass is 32.2. The van der Waals surface area contributed by atoms with Crippen LogP contribution >= 0.6 is 0 Å². The van der Waals surface area contributed by atoms with Gasteiger partial charge in [-0.15, -0.1) is 0 Å². The number of benzene rings is 4. The number of urea groups is 1. The second-order valence-corrected chi connectivity index (χ2v) is 11.4. The van der Waals surface area contributed by atoms with E-state index in [0.717, 1.165) is 12.1 Å². The number of nitrogens with one attached hydrogen (secondary N) is 3. The molecule has 9 nitrogen and oxygen atoms in total. The van der Waals surface area contributed by atoms with E-state index in [4.69, 9.17) is 10.5 Å². The van der Waals surface area contributed by atoms with Crippen LogP contribution in [0.25, 0.3) is 11.1 Å². The lowest BCUT2D eigenvalue weighted by Crippen LogP contribution is -2.32. The Morgan fingerprint density at radius 2 is 1.57 bits per heavy atom. The van der Waals surface area contributed by atoms with E-state index in [1.165, 1.54) is 31.4 Å². The lowest BCUT2D eigenvalue weighted by atomic mass is 10.0. The van der Waals surface area contributed by atoms with Crippen LogP contribution in [0, 0.1) is 0 Å². The number of nitrogens with two attached hydrogens (primary N) is 1. The van der Waals surface area contributed by atoms with Crippen LogP contribution in [-0.4, -0.2) is 27.5 Å². The minimum atomic E-state index is -4.45. The van der Waals surface area contributed by atoms with Crippen molar-refractivity contribution in [2.75, 3.05) is 12.4 Å². The largest absolute Gasteiger partial charge is 0.495 e. The van der Waals surface area contributed by atoms with E-state index < -0.39 is 39.7 Å². The summed E-state index contributed by atoms with van der Waals surface area (Å²) < 4.78 is 73.3. The molecule has 0 spiro atoms. The number of amides is 3. The quantitative estimate of drug-likeness (QED) is 0.172. The van der Waals surface area contributed by atoms with Crippen LogP contribution in [0.2, 0.25) is 0 Å². The monoisotopic (exact) mass is 626 g/mol. The predicted molar refractivity (Wildman–Crippen MR) is 159 cm³/mol. The molecular weight excluding hydrogens is 597 g/mol. The fraction of sp³-hybridized carbons (Fsp3) is 0.161. The maximum Gasteiger partial charge on any atom is 0.416 e. The SMILES string of the molecule is COc1ccc(-c2cccc(NC(=O)NCc3ccc(C(F)(F)F)cc3)c2)cc1S(=O)(=O)N[C@H](CC(N)=O)c1ccccc1. The summed E-state index contributed by atoms with van der Waals surface area (Å²) in [6.07, 6.45) is -4.71. The summed E-state index contributed by atoms with van der Waals surface area (Å²) in [6.45, 7) is -0.00388. The Balaban J connectivity index is 1.51. The first-order valence-corrected chi connectivity index (χ1v) is 14.7. The number of hydrogen-bond acceptors (Lipinski definition) is 5. The number of primary amides is 1. The van der Waals surface area contributed by atoms with Crippen LogP contribution in [0.5, 0.6) is 5.75 Å². The van der Waals surface area contributed by atoms with Crippen LogP contribution in [-0.2, 0) is 27.5 Å². The Hall–Kier alpha value is -4.88. The number of halogens is 3. The van der Waals surface area contributed by atoms with E-state index in [0.29, 0.717) is 27.9 Å². The standard InChI is InChI=1S/C31H29F3N4O5S/c1-43-27-15-12-23(17-28(27)44(41,42)38-26(18-29(35)39)21-6-3-2-4-7-21)22-8-5-9-25(16-22)37-30(40)36-19-20-10-13-24(14-11-20)31(32,33)34/h2-17,26,38H,18-19H2,1H3,(H2,35,39)(H2,36,37,40)/t26-/m1/s1. The van der Waals surface area contributed by atoms with Crippen molar-refractivity contribution in [3.05, 3.63) is 114 Å². The van der Waals surface area contributed by atoms with Gasteiger partial charge in [0.15, 0.2) is 0 Å². The number of rotatable bonds is 11. The molecule has 0 aliphatic heterocycles. The number of carbonyl (C=O) groups excluding carboxylic acids is 2. The average molecular weight is 627 g/mol. The lowest BCUT2D eigenvalue weighted by molar-refractivity contribution is -0.137. The molecule has 44 heavy (non-hydrogen) atoms. The van der Waals surface area contributed by atoms with Crippen molar-refractivity contribution in [2.45, 2.75) is 30.1 Å². The molecule has 0 bridgehead atoms. The molecule has 4 aromatic carbocycles. The van der Waals surface area contributed by atoms with Crippen molar-refractivity contribution in [1.82, 2.24) is 10.0 Å². The summed E-state index contributed by atoms with van der Waals surface area (Å²) >= 11 is 0. The number of methoxy groups -OCH3 is 1. The fourth-order valence-electron chi connectivity index (χ4n) is 4.38. The zero-order valence-electron chi connectivity index (χ0n) is 23.4. The average Bonchev–Trinajstić information content (AvgIpc) is 2.99. The Labute approximate surface area is 252 Å². The predicted octanol–water partition coefficient (Wildman–Crippen LogP) is 5.60. The first kappa shape index (κ1) is 32.0. The molecule has 0 unspecified atom stereocenters. The first-order valence-electron chi connectivity index (χ1n) is 13.2. The van der Waals surface area contributed by atoms with Gasteiger partial charge in [-0.3, -0.25) is 4.79 Å². The third-order valence-corrected chi connectivity index (χ3v) is 8.04. The minimum absolute atomic E-state index is 0.00388. The maximum absolute atomic E-state index is 13.6. The Morgan fingerprint density at radius 3 is 2.20 bits per heavy atom. The van der Waals surface area contributed by atoms with Crippen LogP contribution in [0.3, 0.4) is 0 Å². The lowest BCUT2D eigenvalue weighted by Gasteiger charge is -2.19. The molecule has 0 aliphatic rings. The topological polar surface area (TPSA) is 140 Å². The van der Waals surface area contributed by atoms with Crippen LogP contribution in [0.4, 0.5) is 23.7 Å². The van der Waals surface area contributed by atoms with Gasteiger partial charge in [0.05, 0.1) is 18.7 Å². The zero-order valence-corrected chi connectivity index (χ0v) is 24.2. The number of alkyl halides is 3. The van der Waals surface area contributed by atoms with Gasteiger partial charge in [0.1, 0.15) is 10.6 Å². The number of carbonyl (C=O) groups is 2. The molecule has 0 radical (unpaired) electrons. The van der Waals surface area contributed by atoms with Gasteiger partial charge >= 0.3 is 12.2 Å². The fourth-order valence-corrected chi connectivity index (χ4v) is 5.80. The smallest absolute Gasteiger partial charge is 0.416 e. The molecule has 0 aliphatic carbocycles. The van der Waals surface area contributed by atoms with Crippen molar-refractivity contribution in [2.24, 2.45) is 5.73 Å². The maximum atomic E-state index is 13.6. The van der Waals surface area contributed by atoms with Gasteiger partial charge in [-0.25, -0.2) is 17.9 Å². The number of ether oxygens (including phenoxy) is 1. The van der Waals surface area contributed by atoms with E-state index in [2.05, 4.69) is 15.4 Å². The molecular formula is C31H29F3N4O5S. The van der Waals surface area contributed by atoms with E-state index >= 15 is 0 Å². The summed E-state index contributed by atoms with van der Waals surface area (Å²) in [5, 5.41) is 5.24. The van der Waals surface area contributed by atoms with E-state index in [-0.39, 0.29) is 23.6 Å². The summed E-state index contributed by atoms with van der Waals surface area (Å²) in [7, 11) is -2.89. The minimum Gasteiger partial charge on any atom is -0.495 e. The summed E-state index contributed by atoms with van der Waals surface area (Å²) in [5.74, 6) is -0.612. The van der Waals surface area contributed by atoms with E-state index in [9.17, 15) is 31.2 Å². The second kappa shape index (κ2) is 13.6. The van der Waals surface area contributed by atoms with Gasteiger partial charge < -0.3 is 21.1 Å². The van der Waals surface area contributed by atoms with Crippen LogP contribution < -0.4 is 25.8 Å². The summed E-state index contributed by atoms with van der Waals surface area (Å²) in [4.78, 5) is 24.0.